The van der Waals surface area contributed by atoms with Crippen LogP contribution in [0.25, 0.3) is 18.2 Å². The van der Waals surface area contributed by atoms with E-state index < -0.39 is 52.5 Å². The van der Waals surface area contributed by atoms with E-state index in [4.69, 9.17) is 14.2 Å². The molecule has 0 radical (unpaired) electrons. The number of aliphatic hydroxyl groups excluding tert-OH is 2. The molecule has 15 atom stereocenters. The lowest BCUT2D eigenvalue weighted by atomic mass is 9.67. The van der Waals surface area contributed by atoms with Gasteiger partial charge in [0.1, 0.15) is 35.7 Å². The fourth-order valence-electron chi connectivity index (χ4n) is 12.4. The second-order valence-electron chi connectivity index (χ2n) is 30.9. The monoisotopic (exact) mass is 1450 g/mol. The van der Waals surface area contributed by atoms with Gasteiger partial charge >= 0.3 is 17.9 Å². The number of aliphatic hydroxyl groups is 2. The number of allylic oxidation sites excluding steroid dienone is 7. The van der Waals surface area contributed by atoms with Gasteiger partial charge < -0.3 is 24.4 Å². The topological polar surface area (TPSA) is 209 Å². The Morgan fingerprint density at radius 1 is 0.653 bits per heavy atom. The van der Waals surface area contributed by atoms with Gasteiger partial charge in [0.15, 0.2) is 0 Å². The molecule has 0 saturated carbocycles. The molecule has 17 heteroatoms. The van der Waals surface area contributed by atoms with E-state index in [1.54, 1.807) is 53.9 Å². The summed E-state index contributed by atoms with van der Waals surface area (Å²) >= 11 is 4.76. The lowest BCUT2D eigenvalue weighted by Crippen LogP contribution is -2.42. The van der Waals surface area contributed by atoms with Crippen molar-refractivity contribution in [3.05, 3.63) is 138 Å². The number of ketones is 3. The first kappa shape index (κ1) is 89.1. The molecule has 0 aliphatic carbocycles. The molecule has 0 bridgehead atoms. The van der Waals surface area contributed by atoms with Crippen LogP contribution in [-0.4, -0.2) is 90.9 Å². The van der Waals surface area contributed by atoms with Crippen molar-refractivity contribution in [2.24, 2.45) is 75.4 Å². The van der Waals surface area contributed by atoms with Gasteiger partial charge in [-0.3, -0.25) is 28.8 Å². The van der Waals surface area contributed by atoms with Crippen molar-refractivity contribution in [3.63, 3.8) is 0 Å². The first-order chi connectivity index (χ1) is 47.0. The molecule has 2 aliphatic heterocycles. The maximum absolute atomic E-state index is 13.5. The molecule has 0 spiro atoms. The highest BCUT2D eigenvalue weighted by atomic mass is 32.1. The van der Waals surface area contributed by atoms with Gasteiger partial charge in [0.05, 0.1) is 44.3 Å². The maximum Gasteiger partial charge on any atom is 0.306 e. The molecular weight excluding hydrogens is 1320 g/mol. The van der Waals surface area contributed by atoms with Gasteiger partial charge in [0.25, 0.3) is 0 Å². The van der Waals surface area contributed by atoms with E-state index in [9.17, 15) is 39.0 Å². The quantitative estimate of drug-likeness (QED) is 0.0495. The summed E-state index contributed by atoms with van der Waals surface area (Å²) in [5.41, 5.74) is 5.35. The summed E-state index contributed by atoms with van der Waals surface area (Å²) in [7, 11) is 0. The van der Waals surface area contributed by atoms with E-state index in [0.717, 1.165) is 66.4 Å². The lowest BCUT2D eigenvalue weighted by Gasteiger charge is -2.35. The summed E-state index contributed by atoms with van der Waals surface area (Å²) in [4.78, 5) is 92.2. The number of carbonyl (C=O) groups is 6. The summed E-state index contributed by atoms with van der Waals surface area (Å²) in [6.45, 7) is 54.4. The zero-order chi connectivity index (χ0) is 76.6. The van der Waals surface area contributed by atoms with Gasteiger partial charge in [-0.05, 0) is 151 Å². The Labute approximate surface area is 619 Å². The average molecular weight is 1450 g/mol. The summed E-state index contributed by atoms with van der Waals surface area (Å²) in [5, 5.41) is 30.5. The Hall–Kier alpha value is -6.11. The van der Waals surface area contributed by atoms with E-state index in [-0.39, 0.29) is 102 Å². The Morgan fingerprint density at radius 2 is 1.08 bits per heavy atom. The predicted octanol–water partition coefficient (Wildman–Crippen LogP) is 20.1. The fourth-order valence-corrected chi connectivity index (χ4v) is 14.2. The molecule has 2 aliphatic rings. The Bertz CT molecular complexity index is 3470. The van der Waals surface area contributed by atoms with Crippen LogP contribution in [0, 0.1) is 96.2 Å². The third kappa shape index (κ3) is 27.8. The van der Waals surface area contributed by atoms with Crippen molar-refractivity contribution in [1.82, 2.24) is 15.0 Å². The van der Waals surface area contributed by atoms with E-state index in [1.165, 1.54) is 0 Å². The molecule has 5 heterocycles. The molecule has 0 unspecified atom stereocenters. The van der Waals surface area contributed by atoms with Crippen molar-refractivity contribution >= 4 is 87.5 Å². The largest absolute Gasteiger partial charge is 0.457 e. The van der Waals surface area contributed by atoms with Crippen LogP contribution in [0.5, 0.6) is 0 Å². The number of aromatic nitrogens is 3. The number of esters is 3. The molecule has 0 aromatic carbocycles. The lowest BCUT2D eigenvalue weighted by molar-refractivity contribution is -0.152. The molecule has 2 N–H and O–H groups in total. The summed E-state index contributed by atoms with van der Waals surface area (Å²) in [6.07, 6.45) is 23.5. The highest BCUT2D eigenvalue weighted by molar-refractivity contribution is 7.10. The zero-order valence-corrected chi connectivity index (χ0v) is 68.1. The van der Waals surface area contributed by atoms with Gasteiger partial charge in [0, 0.05) is 88.7 Å². The van der Waals surface area contributed by atoms with Gasteiger partial charge in [-0.15, -0.1) is 40.6 Å². The summed E-state index contributed by atoms with van der Waals surface area (Å²) < 4.78 is 17.8. The number of ether oxygens (including phenoxy) is 3. The van der Waals surface area contributed by atoms with E-state index in [0.29, 0.717) is 38.0 Å². The average Bonchev–Trinajstić information content (AvgIpc) is 1.16. The van der Waals surface area contributed by atoms with Crippen molar-refractivity contribution in [1.29, 1.82) is 0 Å². The molecule has 5 rings (SSSR count). The number of Topliss-reactive ketones (excluding diaryl/α,β-unsaturated/α-hetero) is 3. The number of hydrogen-bond donors (Lipinski definition) is 2. The molecule has 3 aromatic heterocycles. The van der Waals surface area contributed by atoms with Crippen LogP contribution >= 0.6 is 34.0 Å². The third-order valence-corrected chi connectivity index (χ3v) is 24.0. The minimum atomic E-state index is -0.763. The van der Waals surface area contributed by atoms with E-state index in [2.05, 4.69) is 48.0 Å². The highest BCUT2D eigenvalue weighted by Gasteiger charge is 2.44. The number of thiazole rings is 3. The van der Waals surface area contributed by atoms with E-state index >= 15 is 0 Å². The van der Waals surface area contributed by atoms with Crippen LogP contribution < -0.4 is 0 Å². The zero-order valence-electron chi connectivity index (χ0n) is 65.7. The highest BCUT2D eigenvalue weighted by Crippen LogP contribution is 2.40. The fraction of sp³-hybridized carbons (Fsp3) is 0.607. The Morgan fingerprint density at radius 3 is 1.50 bits per heavy atom. The molecule has 0 saturated heterocycles. The maximum atomic E-state index is 13.5. The van der Waals surface area contributed by atoms with E-state index in [1.807, 2.05) is 209 Å². The van der Waals surface area contributed by atoms with Crippen LogP contribution in [0.3, 0.4) is 0 Å². The second kappa shape index (κ2) is 41.4. The van der Waals surface area contributed by atoms with Crippen molar-refractivity contribution < 1.29 is 53.2 Å². The van der Waals surface area contributed by atoms with Gasteiger partial charge in [-0.1, -0.05) is 177 Å². The van der Waals surface area contributed by atoms with Crippen molar-refractivity contribution in [2.75, 3.05) is 0 Å². The molecule has 0 amide bonds. The van der Waals surface area contributed by atoms with Gasteiger partial charge in [-0.2, -0.15) is 0 Å². The molecule has 0 fully saturated rings. The molecular formula is C84H125N3O11S3. The SMILES string of the molecule is C/C(=C\c1csc(C)n1)[C@@H]1C/C=C/C[C@H](C)[C@H](O)[C@@H](C)C(=O)C(C)(C)[C@@H](C)CC(=O)O1.C=CC[C@H](C)[C@H](C)[C@@H](C)C(=O)C(C)(C)[C@@H](C)CC(=O)O[C@@H](C/C=C(/C)C=C)/C(C)=C/c1csc(C)n1.CC1=C/C[C@@H](/C(C)=C/c2csc(C)n2)OC(=O)C[C@H](C)C(C)(C)C(=O)[C@H](C)[C@@H](O)[C@@H](C)C\C=C\1. The van der Waals surface area contributed by atoms with Gasteiger partial charge in [0.2, 0.25) is 0 Å². The number of hydrogen-bond acceptors (Lipinski definition) is 17. The summed E-state index contributed by atoms with van der Waals surface area (Å²) in [5.74, 6) is -1.93. The number of nitrogens with zero attached hydrogens (tertiary/aromatic N) is 3. The number of carbonyl (C=O) groups excluding carboxylic acids is 6. The van der Waals surface area contributed by atoms with Crippen LogP contribution in [0.15, 0.2) is 106 Å². The molecule has 3 aromatic rings. The molecule has 101 heavy (non-hydrogen) atoms. The smallest absolute Gasteiger partial charge is 0.306 e. The van der Waals surface area contributed by atoms with Crippen LogP contribution in [0.1, 0.15) is 235 Å². The molecule has 560 valence electrons. The summed E-state index contributed by atoms with van der Waals surface area (Å²) in [6, 6.07) is 0. The normalized spacial score (nSPS) is 26.9. The first-order valence-corrected chi connectivity index (χ1v) is 38.9. The van der Waals surface area contributed by atoms with Crippen LogP contribution in [-0.2, 0) is 43.0 Å². The minimum absolute atomic E-state index is 0.0142. The third-order valence-electron chi connectivity index (χ3n) is 21.6. The second-order valence-corrected chi connectivity index (χ2v) is 34.0. The van der Waals surface area contributed by atoms with Crippen LogP contribution in [0.4, 0.5) is 0 Å². The minimum Gasteiger partial charge on any atom is -0.457 e. The van der Waals surface area contributed by atoms with Gasteiger partial charge in [-0.25, -0.2) is 15.0 Å². The standard InChI is InChI=1S/C31H47NO3S.C28H41NO4S.C25H37NO4S/c1-12-14-21(4)24(7)25(8)30(34)31(10,11)23(6)18-29(33)35-28(16-15-20(3)13-2)22(5)17-27-19-36-26(9)32-27;1-17-10-9-11-18(2)26(31)21(5)27(32)28(7,8)20(4)15-25(30)33-24(13-12-17)19(3)14-23-16-34-22(6)29-23;1-15-10-8-9-11-21(16(2)12-20-14-31-19(5)26-20)30-22(27)13-17(3)25(6,7)24(29)18(4)23(15)28/h12-13,15,17,19,21,23-25,28H,1-2,14,16,18H2,3-11H3;9-10,12,14,16,18,20-21,24,26,31H,11,13,15H2,1-8H3;8-9,12,14-15,17-18,21,23,28H,10-11,13H2,1-7H3/b20-15-,22-17+;10-9+,17-12-,19-14+;9-8+,16-12+/t21-,23-,24-,25+,28-;18-,20-,21+,24-,26-;15-,17-,18+,21-,23-/m000/s1. The van der Waals surface area contributed by atoms with Crippen LogP contribution in [0.2, 0.25) is 0 Å². The Kier molecular flexibility index (Phi) is 36.5. The predicted molar refractivity (Wildman–Crippen MR) is 419 cm³/mol. The number of cyclic esters (lactones) is 2. The Balaban J connectivity index is 0.000000395. The van der Waals surface area contributed by atoms with Crippen molar-refractivity contribution in [3.8, 4) is 0 Å². The van der Waals surface area contributed by atoms with Crippen molar-refractivity contribution in [2.45, 2.75) is 254 Å². The number of rotatable bonds is 19. The first-order valence-electron chi connectivity index (χ1n) is 36.3. The number of aryl methyl sites for hydroxylation is 3. The molecule has 14 nitrogen and oxygen atoms in total.